The van der Waals surface area contributed by atoms with Crippen LogP contribution in [0.5, 0.6) is 0 Å². The van der Waals surface area contributed by atoms with Crippen molar-refractivity contribution in [2.24, 2.45) is 5.92 Å². The van der Waals surface area contributed by atoms with Crippen LogP contribution in [0.2, 0.25) is 0 Å². The van der Waals surface area contributed by atoms with Crippen LogP contribution in [0.4, 0.5) is 0 Å². The van der Waals surface area contributed by atoms with E-state index in [1.807, 2.05) is 0 Å². The Balaban J connectivity index is 1.48. The third kappa shape index (κ3) is 3.19. The lowest BCUT2D eigenvalue weighted by Gasteiger charge is -2.32. The first-order valence-corrected chi connectivity index (χ1v) is 7.50. The molecule has 0 unspecified atom stereocenters. The van der Waals surface area contributed by atoms with Gasteiger partial charge < -0.3 is 13.9 Å². The lowest BCUT2D eigenvalue weighted by molar-refractivity contribution is -0.0980. The monoisotopic (exact) mass is 281 g/mol. The van der Waals surface area contributed by atoms with Gasteiger partial charge in [-0.15, -0.1) is 10.2 Å². The maximum Gasteiger partial charge on any atom is 0.230 e. The summed E-state index contributed by atoms with van der Waals surface area (Å²) in [7, 11) is 0. The minimum atomic E-state index is 0.0214. The Morgan fingerprint density at radius 2 is 1.85 bits per heavy atom. The average molecular weight is 281 g/mol. The van der Waals surface area contributed by atoms with Crippen molar-refractivity contribution in [1.82, 2.24) is 15.1 Å². The lowest BCUT2D eigenvalue weighted by atomic mass is 9.96. The SMILES string of the molecule is CC(C)c1nnc(CN2CCC(C3OCCO3)CC2)o1. The molecule has 0 spiro atoms. The molecule has 0 radical (unpaired) electrons. The zero-order chi connectivity index (χ0) is 13.9. The number of ether oxygens (including phenoxy) is 2. The average Bonchev–Trinajstić information content (AvgIpc) is 3.10. The second-order valence-electron chi connectivity index (χ2n) is 5.91. The van der Waals surface area contributed by atoms with Crippen molar-refractivity contribution in [3.8, 4) is 0 Å². The number of nitrogens with zero attached hydrogens (tertiary/aromatic N) is 3. The summed E-state index contributed by atoms with van der Waals surface area (Å²) in [6.07, 6.45) is 2.24. The maximum atomic E-state index is 5.66. The third-order valence-electron chi connectivity index (χ3n) is 4.00. The molecule has 3 rings (SSSR count). The summed E-state index contributed by atoms with van der Waals surface area (Å²) >= 11 is 0. The Kier molecular flexibility index (Phi) is 4.33. The molecule has 2 aliphatic rings. The lowest BCUT2D eigenvalue weighted by Crippen LogP contribution is -2.37. The van der Waals surface area contributed by atoms with Gasteiger partial charge in [0, 0.05) is 11.8 Å². The van der Waals surface area contributed by atoms with E-state index in [4.69, 9.17) is 13.9 Å². The molecule has 0 aliphatic carbocycles. The van der Waals surface area contributed by atoms with E-state index in [1.54, 1.807) is 0 Å². The van der Waals surface area contributed by atoms with Gasteiger partial charge in [0.1, 0.15) is 0 Å². The summed E-state index contributed by atoms with van der Waals surface area (Å²) in [5, 5.41) is 8.20. The Morgan fingerprint density at radius 3 is 2.45 bits per heavy atom. The fourth-order valence-electron chi connectivity index (χ4n) is 2.79. The number of aromatic nitrogens is 2. The predicted octanol–water partition coefficient (Wildman–Crippen LogP) is 1.78. The number of hydrogen-bond acceptors (Lipinski definition) is 6. The van der Waals surface area contributed by atoms with E-state index in [1.165, 1.54) is 0 Å². The zero-order valence-corrected chi connectivity index (χ0v) is 12.2. The molecular formula is C14H23N3O3. The standard InChI is InChI=1S/C14H23N3O3/c1-10(2)13-16-15-12(20-13)9-17-5-3-11(4-6-17)14-18-7-8-19-14/h10-11,14H,3-9H2,1-2H3. The molecule has 3 heterocycles. The number of rotatable bonds is 4. The molecular weight excluding hydrogens is 258 g/mol. The summed E-state index contributed by atoms with van der Waals surface area (Å²) in [5.41, 5.74) is 0. The van der Waals surface area contributed by atoms with Gasteiger partial charge in [-0.1, -0.05) is 13.8 Å². The summed E-state index contributed by atoms with van der Waals surface area (Å²) in [4.78, 5) is 2.36. The van der Waals surface area contributed by atoms with Gasteiger partial charge in [0.2, 0.25) is 11.8 Å². The fourth-order valence-corrected chi connectivity index (χ4v) is 2.79. The molecule has 0 atom stereocenters. The number of hydrogen-bond donors (Lipinski definition) is 0. The van der Waals surface area contributed by atoms with Crippen molar-refractivity contribution in [2.45, 2.75) is 45.4 Å². The van der Waals surface area contributed by atoms with Gasteiger partial charge in [-0.2, -0.15) is 0 Å². The van der Waals surface area contributed by atoms with E-state index in [0.717, 1.165) is 57.5 Å². The van der Waals surface area contributed by atoms with Crippen molar-refractivity contribution in [3.05, 3.63) is 11.8 Å². The molecule has 112 valence electrons. The van der Waals surface area contributed by atoms with E-state index >= 15 is 0 Å². The second-order valence-corrected chi connectivity index (χ2v) is 5.91. The number of likely N-dealkylation sites (tertiary alicyclic amines) is 1. The van der Waals surface area contributed by atoms with Crippen LogP contribution in [0.3, 0.4) is 0 Å². The largest absolute Gasteiger partial charge is 0.424 e. The van der Waals surface area contributed by atoms with Crippen LogP contribution in [0, 0.1) is 5.92 Å². The molecule has 2 fully saturated rings. The van der Waals surface area contributed by atoms with Gasteiger partial charge in [0.25, 0.3) is 0 Å². The minimum Gasteiger partial charge on any atom is -0.424 e. The second kappa shape index (κ2) is 6.20. The summed E-state index contributed by atoms with van der Waals surface area (Å²) in [6.45, 7) is 8.42. The van der Waals surface area contributed by atoms with Crippen LogP contribution in [-0.2, 0) is 16.0 Å². The van der Waals surface area contributed by atoms with Gasteiger partial charge in [0.05, 0.1) is 19.8 Å². The van der Waals surface area contributed by atoms with Crippen molar-refractivity contribution >= 4 is 0 Å². The smallest absolute Gasteiger partial charge is 0.230 e. The quantitative estimate of drug-likeness (QED) is 0.838. The molecule has 2 saturated heterocycles. The van der Waals surface area contributed by atoms with E-state index in [9.17, 15) is 0 Å². The Morgan fingerprint density at radius 1 is 1.15 bits per heavy atom. The molecule has 1 aromatic heterocycles. The highest BCUT2D eigenvalue weighted by Gasteiger charge is 2.30. The van der Waals surface area contributed by atoms with Crippen LogP contribution in [0.15, 0.2) is 4.42 Å². The topological polar surface area (TPSA) is 60.6 Å². The van der Waals surface area contributed by atoms with Crippen LogP contribution >= 0.6 is 0 Å². The van der Waals surface area contributed by atoms with E-state index < -0.39 is 0 Å². The first-order chi connectivity index (χ1) is 9.72. The van der Waals surface area contributed by atoms with Gasteiger partial charge in [-0.05, 0) is 25.9 Å². The highest BCUT2D eigenvalue weighted by atomic mass is 16.7. The van der Waals surface area contributed by atoms with Crippen molar-refractivity contribution in [1.29, 1.82) is 0 Å². The van der Waals surface area contributed by atoms with Gasteiger partial charge >= 0.3 is 0 Å². The Bertz CT molecular complexity index is 421. The molecule has 0 saturated carbocycles. The fraction of sp³-hybridized carbons (Fsp3) is 0.857. The molecule has 0 bridgehead atoms. The van der Waals surface area contributed by atoms with Crippen LogP contribution in [0.25, 0.3) is 0 Å². The maximum absolute atomic E-state index is 5.66. The van der Waals surface area contributed by atoms with Crippen LogP contribution in [0.1, 0.15) is 44.4 Å². The highest BCUT2D eigenvalue weighted by molar-refractivity contribution is 4.88. The summed E-state index contributed by atoms with van der Waals surface area (Å²) in [5.74, 6) is 2.27. The Labute approximate surface area is 119 Å². The predicted molar refractivity (Wildman–Crippen MR) is 72.1 cm³/mol. The molecule has 6 nitrogen and oxygen atoms in total. The van der Waals surface area contributed by atoms with Crippen molar-refractivity contribution in [2.75, 3.05) is 26.3 Å². The highest BCUT2D eigenvalue weighted by Crippen LogP contribution is 2.26. The normalized spacial score (nSPS) is 22.9. The van der Waals surface area contributed by atoms with E-state index in [-0.39, 0.29) is 6.29 Å². The molecule has 0 aromatic carbocycles. The minimum absolute atomic E-state index is 0.0214. The summed E-state index contributed by atoms with van der Waals surface area (Å²) < 4.78 is 16.8. The molecule has 0 N–H and O–H groups in total. The molecule has 20 heavy (non-hydrogen) atoms. The van der Waals surface area contributed by atoms with Crippen molar-refractivity contribution < 1.29 is 13.9 Å². The van der Waals surface area contributed by atoms with E-state index in [0.29, 0.717) is 11.8 Å². The first kappa shape index (κ1) is 14.0. The zero-order valence-electron chi connectivity index (χ0n) is 12.2. The molecule has 2 aliphatic heterocycles. The van der Waals surface area contributed by atoms with Gasteiger partial charge in [0.15, 0.2) is 6.29 Å². The summed E-state index contributed by atoms with van der Waals surface area (Å²) in [6, 6.07) is 0. The number of piperidine rings is 1. The van der Waals surface area contributed by atoms with Gasteiger partial charge in [-0.3, -0.25) is 4.90 Å². The van der Waals surface area contributed by atoms with Crippen LogP contribution < -0.4 is 0 Å². The van der Waals surface area contributed by atoms with Crippen LogP contribution in [-0.4, -0.2) is 47.7 Å². The Hall–Kier alpha value is -0.980. The van der Waals surface area contributed by atoms with E-state index in [2.05, 4.69) is 28.9 Å². The third-order valence-corrected chi connectivity index (χ3v) is 4.00. The molecule has 0 amide bonds. The molecule has 1 aromatic rings. The first-order valence-electron chi connectivity index (χ1n) is 7.50. The van der Waals surface area contributed by atoms with Gasteiger partial charge in [-0.25, -0.2) is 0 Å². The van der Waals surface area contributed by atoms with Crippen molar-refractivity contribution in [3.63, 3.8) is 0 Å². The molecule has 6 heteroatoms.